The van der Waals surface area contributed by atoms with Gasteiger partial charge in [0.25, 0.3) is 0 Å². The van der Waals surface area contributed by atoms with Gasteiger partial charge in [-0.3, -0.25) is 4.68 Å². The number of rotatable bonds is 1. The lowest BCUT2D eigenvalue weighted by atomic mass is 9.85. The topological polar surface area (TPSA) is 89.9 Å². The molecule has 2 aromatic heterocycles. The van der Waals surface area contributed by atoms with Crippen LogP contribution >= 0.6 is 0 Å². The maximum absolute atomic E-state index is 10.4. The minimum Gasteiger partial charge on any atom is -0.507 e. The molecule has 100 valence electrons. The number of anilines is 1. The molecule has 0 spiro atoms. The van der Waals surface area contributed by atoms with Crippen LogP contribution in [0.4, 0.5) is 5.82 Å². The number of nitrogens with zero attached hydrogens (tertiary/aromatic N) is 4. The normalized spacial score (nSPS) is 13.2. The van der Waals surface area contributed by atoms with Crippen LogP contribution < -0.4 is 5.73 Å². The summed E-state index contributed by atoms with van der Waals surface area (Å²) in [6, 6.07) is 3.92. The molecule has 3 N–H and O–H groups in total. The Bertz CT molecular complexity index is 852. The zero-order chi connectivity index (χ0) is 13.9. The highest BCUT2D eigenvalue weighted by Crippen LogP contribution is 2.40. The number of aromatic nitrogens is 4. The molecule has 0 saturated carbocycles. The second-order valence-electron chi connectivity index (χ2n) is 5.06. The molecule has 0 amide bonds. The van der Waals surface area contributed by atoms with Gasteiger partial charge in [0.2, 0.25) is 0 Å². The SMILES string of the molecule is Cn1ncc2c(N)nnc(-c3ccc4c(c3O)CC4)c21. The second-order valence-corrected chi connectivity index (χ2v) is 5.06. The maximum atomic E-state index is 10.4. The third-order valence-electron chi connectivity index (χ3n) is 3.98. The Hall–Kier alpha value is -2.63. The van der Waals surface area contributed by atoms with Crippen LogP contribution in [0, 0.1) is 0 Å². The Morgan fingerprint density at radius 3 is 2.85 bits per heavy atom. The first-order valence-electron chi connectivity index (χ1n) is 6.44. The van der Waals surface area contributed by atoms with Crippen molar-refractivity contribution < 1.29 is 5.11 Å². The Morgan fingerprint density at radius 2 is 2.10 bits per heavy atom. The number of aryl methyl sites for hydroxylation is 2. The molecule has 1 aliphatic carbocycles. The zero-order valence-electron chi connectivity index (χ0n) is 11.0. The molecule has 0 bridgehead atoms. The van der Waals surface area contributed by atoms with Gasteiger partial charge in [-0.05, 0) is 30.0 Å². The van der Waals surface area contributed by atoms with Gasteiger partial charge in [0.1, 0.15) is 11.4 Å². The average molecular weight is 267 g/mol. The van der Waals surface area contributed by atoms with Gasteiger partial charge in [-0.15, -0.1) is 10.2 Å². The molecule has 4 rings (SSSR count). The fourth-order valence-electron chi connectivity index (χ4n) is 2.76. The van der Waals surface area contributed by atoms with E-state index in [0.717, 1.165) is 29.3 Å². The number of nitrogen functional groups attached to an aromatic ring is 1. The van der Waals surface area contributed by atoms with Gasteiger partial charge in [-0.25, -0.2) is 0 Å². The van der Waals surface area contributed by atoms with Crippen LogP contribution in [-0.4, -0.2) is 25.1 Å². The summed E-state index contributed by atoms with van der Waals surface area (Å²) in [5, 5.41) is 23.5. The summed E-state index contributed by atoms with van der Waals surface area (Å²) in [7, 11) is 1.82. The largest absolute Gasteiger partial charge is 0.507 e. The first kappa shape index (κ1) is 11.2. The summed E-state index contributed by atoms with van der Waals surface area (Å²) >= 11 is 0. The van der Waals surface area contributed by atoms with E-state index in [1.807, 2.05) is 19.2 Å². The predicted molar refractivity (Wildman–Crippen MR) is 75.2 cm³/mol. The molecule has 1 aliphatic rings. The van der Waals surface area contributed by atoms with Crippen molar-refractivity contribution in [3.05, 3.63) is 29.5 Å². The lowest BCUT2D eigenvalue weighted by Crippen LogP contribution is -2.09. The third kappa shape index (κ3) is 1.30. The number of nitrogens with two attached hydrogens (primary N) is 1. The average Bonchev–Trinajstić information content (AvgIpc) is 2.77. The summed E-state index contributed by atoms with van der Waals surface area (Å²) in [5.41, 5.74) is 10.1. The van der Waals surface area contributed by atoms with Crippen LogP contribution in [0.2, 0.25) is 0 Å². The minimum atomic E-state index is 0.301. The highest BCUT2D eigenvalue weighted by molar-refractivity contribution is 5.98. The van der Waals surface area contributed by atoms with E-state index in [1.54, 1.807) is 10.9 Å². The highest BCUT2D eigenvalue weighted by atomic mass is 16.3. The van der Waals surface area contributed by atoms with Gasteiger partial charge in [-0.1, -0.05) is 6.07 Å². The van der Waals surface area contributed by atoms with Crippen molar-refractivity contribution in [2.24, 2.45) is 7.05 Å². The van der Waals surface area contributed by atoms with E-state index in [9.17, 15) is 5.11 Å². The van der Waals surface area contributed by atoms with E-state index in [4.69, 9.17) is 5.73 Å². The van der Waals surface area contributed by atoms with Crippen LogP contribution in [-0.2, 0) is 19.9 Å². The van der Waals surface area contributed by atoms with Crippen LogP contribution in [0.1, 0.15) is 11.1 Å². The van der Waals surface area contributed by atoms with Gasteiger partial charge in [-0.2, -0.15) is 5.10 Å². The number of fused-ring (bicyclic) bond motifs is 2. The predicted octanol–water partition coefficient (Wildman–Crippen LogP) is 1.42. The fourth-order valence-corrected chi connectivity index (χ4v) is 2.76. The lowest BCUT2D eigenvalue weighted by Gasteiger charge is -2.21. The molecule has 0 aliphatic heterocycles. The molecule has 1 aromatic carbocycles. The number of aromatic hydroxyl groups is 1. The van der Waals surface area contributed by atoms with Crippen molar-refractivity contribution in [1.29, 1.82) is 0 Å². The van der Waals surface area contributed by atoms with Gasteiger partial charge in [0.05, 0.1) is 17.1 Å². The van der Waals surface area contributed by atoms with Gasteiger partial charge < -0.3 is 10.8 Å². The van der Waals surface area contributed by atoms with Crippen LogP contribution in [0.3, 0.4) is 0 Å². The van der Waals surface area contributed by atoms with E-state index in [-0.39, 0.29) is 0 Å². The molecule has 0 fully saturated rings. The van der Waals surface area contributed by atoms with Crippen LogP contribution in [0.5, 0.6) is 5.75 Å². The van der Waals surface area contributed by atoms with E-state index < -0.39 is 0 Å². The Morgan fingerprint density at radius 1 is 1.25 bits per heavy atom. The first-order chi connectivity index (χ1) is 9.66. The highest BCUT2D eigenvalue weighted by Gasteiger charge is 2.23. The number of benzene rings is 1. The van der Waals surface area contributed by atoms with Gasteiger partial charge in [0, 0.05) is 12.6 Å². The van der Waals surface area contributed by atoms with Crippen molar-refractivity contribution in [2.45, 2.75) is 12.8 Å². The molecule has 6 nitrogen and oxygen atoms in total. The number of hydrogen-bond donors (Lipinski definition) is 2. The molecule has 2 heterocycles. The standard InChI is InChI=1S/C14H13N5O/c1-19-12-10(6-16-19)14(15)18-17-11(12)9-5-3-7-2-4-8(7)13(9)20/h3,5-6,20H,2,4H2,1H3,(H2,15,18). The second kappa shape index (κ2) is 3.69. The van der Waals surface area contributed by atoms with Crippen LogP contribution in [0.15, 0.2) is 18.3 Å². The molecule has 3 aromatic rings. The van der Waals surface area contributed by atoms with Crippen molar-refractivity contribution in [3.8, 4) is 17.0 Å². The number of hydrogen-bond acceptors (Lipinski definition) is 5. The minimum absolute atomic E-state index is 0.301. The van der Waals surface area contributed by atoms with Crippen LogP contribution in [0.25, 0.3) is 22.2 Å². The molecule has 6 heteroatoms. The lowest BCUT2D eigenvalue weighted by molar-refractivity contribution is 0.463. The van der Waals surface area contributed by atoms with Crippen molar-refractivity contribution >= 4 is 16.7 Å². The quantitative estimate of drug-likeness (QED) is 0.696. The Kier molecular flexibility index (Phi) is 2.07. The maximum Gasteiger partial charge on any atom is 0.157 e. The van der Waals surface area contributed by atoms with E-state index in [2.05, 4.69) is 15.3 Å². The molecule has 0 unspecified atom stereocenters. The number of phenolic OH excluding ortho intramolecular Hbond substituents is 1. The van der Waals surface area contributed by atoms with E-state index >= 15 is 0 Å². The van der Waals surface area contributed by atoms with E-state index in [0.29, 0.717) is 22.8 Å². The third-order valence-corrected chi connectivity index (χ3v) is 3.98. The summed E-state index contributed by atoms with van der Waals surface area (Å²) in [6.07, 6.45) is 3.60. The summed E-state index contributed by atoms with van der Waals surface area (Å²) in [4.78, 5) is 0. The first-order valence-corrected chi connectivity index (χ1v) is 6.44. The molecular formula is C14H13N5O. The Balaban J connectivity index is 2.06. The van der Waals surface area contributed by atoms with E-state index in [1.165, 1.54) is 5.56 Å². The monoisotopic (exact) mass is 267 g/mol. The van der Waals surface area contributed by atoms with Crippen molar-refractivity contribution in [2.75, 3.05) is 5.73 Å². The zero-order valence-corrected chi connectivity index (χ0v) is 11.0. The molecule has 0 saturated heterocycles. The van der Waals surface area contributed by atoms with Crippen molar-refractivity contribution in [3.63, 3.8) is 0 Å². The van der Waals surface area contributed by atoms with Gasteiger partial charge in [0.15, 0.2) is 5.82 Å². The molecule has 0 atom stereocenters. The smallest absolute Gasteiger partial charge is 0.157 e. The molecular weight excluding hydrogens is 254 g/mol. The molecule has 0 radical (unpaired) electrons. The molecule has 20 heavy (non-hydrogen) atoms. The Labute approximate surface area is 114 Å². The number of phenols is 1. The van der Waals surface area contributed by atoms with Crippen molar-refractivity contribution in [1.82, 2.24) is 20.0 Å². The summed E-state index contributed by atoms with van der Waals surface area (Å²) in [5.74, 6) is 0.649. The van der Waals surface area contributed by atoms with Gasteiger partial charge >= 0.3 is 0 Å². The fraction of sp³-hybridized carbons (Fsp3) is 0.214. The summed E-state index contributed by atoms with van der Waals surface area (Å²) in [6.45, 7) is 0. The summed E-state index contributed by atoms with van der Waals surface area (Å²) < 4.78 is 1.70.